The first kappa shape index (κ1) is 15.2. The van der Waals surface area contributed by atoms with Crippen LogP contribution < -0.4 is 22.9 Å². The van der Waals surface area contributed by atoms with Gasteiger partial charge in [-0.3, -0.25) is 0 Å². The minimum atomic E-state index is -1.83. The standard InChI is InChI=1S/3C6H5.ClH.Sb/c3*1-2-4-6-5-3-1;;/h3*1-5H;1H;/p-1. The first-order valence-electron chi connectivity index (χ1n) is 6.40. The molecule has 0 aromatic heterocycles. The van der Waals surface area contributed by atoms with E-state index in [9.17, 15) is 0 Å². The summed E-state index contributed by atoms with van der Waals surface area (Å²) in [6, 6.07) is 32.9. The van der Waals surface area contributed by atoms with Crippen LogP contribution in [0.2, 0.25) is 0 Å². The molecule has 20 heavy (non-hydrogen) atoms. The Morgan fingerprint density at radius 3 is 0.900 bits per heavy atom. The van der Waals surface area contributed by atoms with Gasteiger partial charge in [-0.05, 0) is 0 Å². The van der Waals surface area contributed by atoms with Crippen LogP contribution in [0.25, 0.3) is 0 Å². The molecule has 3 aromatic carbocycles. The van der Waals surface area contributed by atoms with Gasteiger partial charge in [0.15, 0.2) is 0 Å². The zero-order valence-corrected chi connectivity index (χ0v) is 14.3. The molecule has 0 saturated heterocycles. The van der Waals surface area contributed by atoms with E-state index in [-0.39, 0.29) is 12.4 Å². The Bertz CT molecular complexity index is 529. The summed E-state index contributed by atoms with van der Waals surface area (Å²) in [5.41, 5.74) is 0. The van der Waals surface area contributed by atoms with Crippen molar-refractivity contribution in [1.82, 2.24) is 0 Å². The molecule has 0 atom stereocenters. The Labute approximate surface area is 133 Å². The van der Waals surface area contributed by atoms with E-state index in [1.54, 1.807) is 0 Å². The van der Waals surface area contributed by atoms with Crippen molar-refractivity contribution in [2.24, 2.45) is 0 Å². The third kappa shape index (κ3) is 3.45. The van der Waals surface area contributed by atoms with Crippen molar-refractivity contribution in [2.75, 3.05) is 0 Å². The van der Waals surface area contributed by atoms with E-state index < -0.39 is 20.2 Å². The summed E-state index contributed by atoms with van der Waals surface area (Å²) in [5.74, 6) is 0. The molecule has 0 spiro atoms. The van der Waals surface area contributed by atoms with Gasteiger partial charge >= 0.3 is 122 Å². The molecule has 0 amide bonds. The van der Waals surface area contributed by atoms with Crippen LogP contribution in [0.4, 0.5) is 0 Å². The van der Waals surface area contributed by atoms with Crippen molar-refractivity contribution in [3.05, 3.63) is 91.0 Å². The maximum absolute atomic E-state index is 2.28. The summed E-state index contributed by atoms with van der Waals surface area (Å²) in [6.45, 7) is 0. The van der Waals surface area contributed by atoms with Gasteiger partial charge in [0.2, 0.25) is 0 Å². The maximum atomic E-state index is 2.28. The number of hydrogen-bond acceptors (Lipinski definition) is 0. The fraction of sp³-hybridized carbons (Fsp3) is 0. The summed E-state index contributed by atoms with van der Waals surface area (Å²) >= 11 is -1.83. The van der Waals surface area contributed by atoms with Crippen LogP contribution in [0.3, 0.4) is 0 Å². The summed E-state index contributed by atoms with van der Waals surface area (Å²) < 4.78 is 4.55. The molecule has 0 heterocycles. The second kappa shape index (κ2) is 7.52. The Kier molecular flexibility index (Phi) is 5.70. The summed E-state index contributed by atoms with van der Waals surface area (Å²) in [6.07, 6.45) is 0. The summed E-state index contributed by atoms with van der Waals surface area (Å²) in [5, 5.41) is 0. The number of rotatable bonds is 3. The molecule has 0 nitrogen and oxygen atoms in total. The van der Waals surface area contributed by atoms with Crippen LogP contribution in [-0.4, -0.2) is 20.2 Å². The molecule has 0 fully saturated rings. The van der Waals surface area contributed by atoms with Gasteiger partial charge in [-0.15, -0.1) is 0 Å². The fourth-order valence-corrected chi connectivity index (χ4v) is 8.76. The first-order chi connectivity index (χ1) is 9.45. The van der Waals surface area contributed by atoms with Crippen LogP contribution in [0.15, 0.2) is 91.0 Å². The van der Waals surface area contributed by atoms with Gasteiger partial charge in [0.1, 0.15) is 0 Å². The van der Waals surface area contributed by atoms with E-state index in [0.717, 1.165) is 0 Å². The molecule has 0 N–H and O–H groups in total. The zero-order valence-electron chi connectivity index (χ0n) is 11.0. The summed E-state index contributed by atoms with van der Waals surface area (Å²) in [4.78, 5) is 0. The van der Waals surface area contributed by atoms with E-state index >= 15 is 0 Å². The molecule has 0 aliphatic heterocycles. The van der Waals surface area contributed by atoms with E-state index in [2.05, 4.69) is 91.0 Å². The topological polar surface area (TPSA) is 0 Å². The van der Waals surface area contributed by atoms with E-state index in [1.165, 1.54) is 10.5 Å². The van der Waals surface area contributed by atoms with Crippen LogP contribution >= 0.6 is 0 Å². The quantitative estimate of drug-likeness (QED) is 0.516. The molecule has 3 aromatic rings. The molecule has 0 aliphatic carbocycles. The second-order valence-corrected chi connectivity index (χ2v) is 10.7. The first-order valence-corrected chi connectivity index (χ1v) is 10.2. The molecular weight excluding hydrogens is 373 g/mol. The van der Waals surface area contributed by atoms with Crippen LogP contribution in [0.1, 0.15) is 0 Å². The molecule has 2 heteroatoms. The molecule has 0 bridgehead atoms. The molecule has 0 aliphatic rings. The van der Waals surface area contributed by atoms with Crippen molar-refractivity contribution in [2.45, 2.75) is 0 Å². The minimum absolute atomic E-state index is 0. The molecule has 3 rings (SSSR count). The third-order valence-electron chi connectivity index (χ3n) is 3.04. The monoisotopic (exact) mass is 387 g/mol. The average Bonchev–Trinajstić information content (AvgIpc) is 2.51. The number of halogens is 1. The van der Waals surface area contributed by atoms with Crippen molar-refractivity contribution < 1.29 is 12.4 Å². The fourth-order valence-electron chi connectivity index (χ4n) is 2.18. The predicted octanol–water partition coefficient (Wildman–Crippen LogP) is -0.793. The average molecular weight is 389 g/mol. The Balaban J connectivity index is 0.00000147. The molecule has 0 radical (unpaired) electrons. The Hall–Kier alpha value is -1.23. The zero-order chi connectivity index (χ0) is 12.9. The molecule has 0 unspecified atom stereocenters. The van der Waals surface area contributed by atoms with Gasteiger partial charge in [-0.1, -0.05) is 0 Å². The Morgan fingerprint density at radius 2 is 0.650 bits per heavy atom. The molecule has 100 valence electrons. The van der Waals surface area contributed by atoms with Gasteiger partial charge in [-0.25, -0.2) is 0 Å². The second-order valence-electron chi connectivity index (χ2n) is 4.34. The predicted molar refractivity (Wildman–Crippen MR) is 84.0 cm³/mol. The van der Waals surface area contributed by atoms with E-state index in [0.29, 0.717) is 0 Å². The SMILES string of the molecule is [Cl-].c1cc[c]([Sb]([c]2ccccc2)[c]2ccccc2)cc1. The molecule has 0 saturated carbocycles. The van der Waals surface area contributed by atoms with Crippen molar-refractivity contribution in [1.29, 1.82) is 0 Å². The van der Waals surface area contributed by atoms with Gasteiger partial charge in [0.05, 0.1) is 0 Å². The molecular formula is C18H15ClSb-. The van der Waals surface area contributed by atoms with Crippen LogP contribution in [0, 0.1) is 0 Å². The number of benzene rings is 3. The normalized spacial score (nSPS) is 10.1. The van der Waals surface area contributed by atoms with E-state index in [4.69, 9.17) is 0 Å². The van der Waals surface area contributed by atoms with Crippen LogP contribution in [0.5, 0.6) is 0 Å². The third-order valence-corrected chi connectivity index (χ3v) is 10.0. The van der Waals surface area contributed by atoms with Gasteiger partial charge in [0, 0.05) is 0 Å². The Morgan fingerprint density at radius 1 is 0.400 bits per heavy atom. The van der Waals surface area contributed by atoms with Gasteiger partial charge < -0.3 is 12.4 Å². The summed E-state index contributed by atoms with van der Waals surface area (Å²) in [7, 11) is 0. The van der Waals surface area contributed by atoms with Gasteiger partial charge in [0.25, 0.3) is 0 Å². The van der Waals surface area contributed by atoms with Gasteiger partial charge in [-0.2, -0.15) is 0 Å². The van der Waals surface area contributed by atoms with Crippen molar-refractivity contribution in [3.8, 4) is 0 Å². The van der Waals surface area contributed by atoms with Crippen LogP contribution in [-0.2, 0) is 0 Å². The number of hydrogen-bond donors (Lipinski definition) is 0. The van der Waals surface area contributed by atoms with Crippen molar-refractivity contribution in [3.63, 3.8) is 0 Å². The van der Waals surface area contributed by atoms with E-state index in [1.807, 2.05) is 0 Å². The van der Waals surface area contributed by atoms with Crippen molar-refractivity contribution >= 4 is 30.7 Å².